The van der Waals surface area contributed by atoms with Gasteiger partial charge in [-0.3, -0.25) is 4.90 Å². The minimum atomic E-state index is -0.565. The van der Waals surface area contributed by atoms with Gasteiger partial charge in [0.15, 0.2) is 0 Å². The van der Waals surface area contributed by atoms with Gasteiger partial charge in [-0.05, 0) is 38.1 Å². The monoisotopic (exact) mass is 389 g/mol. The Labute approximate surface area is 159 Å². The van der Waals surface area contributed by atoms with Crippen molar-refractivity contribution < 1.29 is 8.78 Å². The Morgan fingerprint density at radius 2 is 1.52 bits per heavy atom. The van der Waals surface area contributed by atoms with E-state index in [1.165, 1.54) is 18.2 Å². The third-order valence-corrected chi connectivity index (χ3v) is 4.37. The first kappa shape index (κ1) is 21.6. The largest absolute Gasteiger partial charge is 0.354 e. The minimum absolute atomic E-state index is 0. The Morgan fingerprint density at radius 1 is 0.920 bits per heavy atom. The van der Waals surface area contributed by atoms with Crippen LogP contribution in [0.5, 0.6) is 0 Å². The van der Waals surface area contributed by atoms with Crippen molar-refractivity contribution in [2.45, 2.75) is 19.9 Å². The second kappa shape index (κ2) is 9.32. The fourth-order valence-corrected chi connectivity index (χ4v) is 2.96. The topological polar surface area (TPSA) is 19.4 Å². The number of aromatic nitrogens is 1. The van der Waals surface area contributed by atoms with E-state index >= 15 is 0 Å². The molecule has 0 aliphatic carbocycles. The van der Waals surface area contributed by atoms with Crippen LogP contribution in [0, 0.1) is 11.6 Å². The first-order valence-electron chi connectivity index (χ1n) is 7.95. The summed E-state index contributed by atoms with van der Waals surface area (Å²) in [5, 5.41) is 0. The van der Waals surface area contributed by atoms with Gasteiger partial charge < -0.3 is 4.90 Å². The second-order valence-electron chi connectivity index (χ2n) is 6.12. The number of nitrogens with zero attached hydrogens (tertiary/aromatic N) is 3. The summed E-state index contributed by atoms with van der Waals surface area (Å²) in [7, 11) is 0. The number of pyridine rings is 1. The molecule has 0 radical (unpaired) electrons. The second-order valence-corrected chi connectivity index (χ2v) is 6.12. The van der Waals surface area contributed by atoms with Gasteiger partial charge in [-0.2, -0.15) is 0 Å². The smallest absolute Gasteiger partial charge is 0.134 e. The molecule has 0 atom stereocenters. The van der Waals surface area contributed by atoms with Gasteiger partial charge in [0.05, 0.1) is 5.56 Å². The van der Waals surface area contributed by atoms with Crippen molar-refractivity contribution in [1.82, 2.24) is 9.88 Å². The molecule has 2 aromatic rings. The predicted octanol–water partition coefficient (Wildman–Crippen LogP) is 4.40. The lowest BCUT2D eigenvalue weighted by Crippen LogP contribution is -2.49. The summed E-state index contributed by atoms with van der Waals surface area (Å²) in [6.45, 7) is 8.24. The lowest BCUT2D eigenvalue weighted by Gasteiger charge is -2.37. The lowest BCUT2D eigenvalue weighted by molar-refractivity contribution is 0.209. The molecule has 0 amide bonds. The van der Waals surface area contributed by atoms with Crippen molar-refractivity contribution in [2.24, 2.45) is 0 Å². The highest BCUT2D eigenvalue weighted by Gasteiger charge is 2.20. The molecule has 25 heavy (non-hydrogen) atoms. The van der Waals surface area contributed by atoms with E-state index < -0.39 is 11.6 Å². The number of piperazine rings is 1. The van der Waals surface area contributed by atoms with Gasteiger partial charge >= 0.3 is 0 Å². The number of benzene rings is 1. The third-order valence-electron chi connectivity index (χ3n) is 4.37. The average Bonchev–Trinajstić information content (AvgIpc) is 2.55. The molecular weight excluding hydrogens is 367 g/mol. The molecule has 0 bridgehead atoms. The Balaban J connectivity index is 0.00000156. The molecule has 7 heteroatoms. The molecule has 0 saturated carbocycles. The Bertz CT molecular complexity index is 652. The van der Waals surface area contributed by atoms with Crippen LogP contribution >= 0.6 is 24.8 Å². The summed E-state index contributed by atoms with van der Waals surface area (Å²) in [6.07, 6.45) is 1.55. The Hall–Kier alpha value is -1.43. The predicted molar refractivity (Wildman–Crippen MR) is 103 cm³/mol. The van der Waals surface area contributed by atoms with Crippen molar-refractivity contribution >= 4 is 30.6 Å². The van der Waals surface area contributed by atoms with Gasteiger partial charge in [0.1, 0.15) is 17.5 Å². The molecule has 0 unspecified atom stereocenters. The highest BCUT2D eigenvalue weighted by molar-refractivity contribution is 5.85. The number of rotatable bonds is 3. The Kier molecular flexibility index (Phi) is 8.06. The normalized spacial score (nSPS) is 14.8. The zero-order valence-electron chi connectivity index (χ0n) is 14.3. The quantitative estimate of drug-likeness (QED) is 0.775. The van der Waals surface area contributed by atoms with Crippen LogP contribution in [0.25, 0.3) is 11.1 Å². The van der Waals surface area contributed by atoms with E-state index in [1.54, 1.807) is 12.3 Å². The van der Waals surface area contributed by atoms with Gasteiger partial charge in [0, 0.05) is 44.0 Å². The third kappa shape index (κ3) is 4.81. The van der Waals surface area contributed by atoms with Gasteiger partial charge in [0.25, 0.3) is 0 Å². The molecule has 1 fully saturated rings. The lowest BCUT2D eigenvalue weighted by atomic mass is 10.1. The molecule has 1 aliphatic rings. The van der Waals surface area contributed by atoms with Crippen molar-refractivity contribution in [3.05, 3.63) is 48.2 Å². The molecule has 1 saturated heterocycles. The van der Waals surface area contributed by atoms with Gasteiger partial charge in [-0.25, -0.2) is 13.8 Å². The van der Waals surface area contributed by atoms with Crippen LogP contribution in [0.3, 0.4) is 0 Å². The molecule has 0 N–H and O–H groups in total. The molecule has 0 spiro atoms. The summed E-state index contributed by atoms with van der Waals surface area (Å²) in [5.74, 6) is -0.274. The number of hydrogen-bond acceptors (Lipinski definition) is 3. The zero-order valence-corrected chi connectivity index (χ0v) is 15.9. The molecule has 3 rings (SSSR count). The first-order chi connectivity index (χ1) is 11.1. The van der Waals surface area contributed by atoms with Crippen LogP contribution in [0.2, 0.25) is 0 Å². The molecule has 1 aromatic heterocycles. The van der Waals surface area contributed by atoms with E-state index in [-0.39, 0.29) is 30.4 Å². The van der Waals surface area contributed by atoms with E-state index in [2.05, 4.69) is 28.6 Å². The molecule has 1 aromatic carbocycles. The van der Waals surface area contributed by atoms with E-state index in [0.717, 1.165) is 32.0 Å². The molecule has 3 nitrogen and oxygen atoms in total. The minimum Gasteiger partial charge on any atom is -0.354 e. The van der Waals surface area contributed by atoms with Crippen LogP contribution in [-0.2, 0) is 0 Å². The van der Waals surface area contributed by atoms with Gasteiger partial charge in [-0.1, -0.05) is 6.07 Å². The maximum absolute atomic E-state index is 13.8. The fourth-order valence-electron chi connectivity index (χ4n) is 2.96. The van der Waals surface area contributed by atoms with E-state index in [1.807, 2.05) is 6.07 Å². The van der Waals surface area contributed by atoms with E-state index in [0.29, 0.717) is 11.6 Å². The molecule has 138 valence electrons. The fraction of sp³-hybridized carbons (Fsp3) is 0.389. The van der Waals surface area contributed by atoms with Crippen molar-refractivity contribution in [2.75, 3.05) is 31.1 Å². The van der Waals surface area contributed by atoms with Gasteiger partial charge in [0.2, 0.25) is 0 Å². The van der Waals surface area contributed by atoms with Gasteiger partial charge in [-0.15, -0.1) is 24.8 Å². The maximum atomic E-state index is 13.8. The van der Waals surface area contributed by atoms with Crippen LogP contribution in [0.1, 0.15) is 13.8 Å². The number of anilines is 1. The van der Waals surface area contributed by atoms with Crippen molar-refractivity contribution in [3.63, 3.8) is 0 Å². The van der Waals surface area contributed by atoms with Crippen molar-refractivity contribution in [3.8, 4) is 11.1 Å². The summed E-state index contributed by atoms with van der Waals surface area (Å²) in [6, 6.07) is 8.01. The summed E-state index contributed by atoms with van der Waals surface area (Å²) in [5.41, 5.74) is 0.446. The molecular formula is C18H23Cl2F2N3. The van der Waals surface area contributed by atoms with Crippen LogP contribution in [0.4, 0.5) is 14.6 Å². The summed E-state index contributed by atoms with van der Waals surface area (Å²) in [4.78, 5) is 9.04. The van der Waals surface area contributed by atoms with Crippen LogP contribution in [0.15, 0.2) is 36.5 Å². The highest BCUT2D eigenvalue weighted by Crippen LogP contribution is 2.26. The maximum Gasteiger partial charge on any atom is 0.134 e. The molecule has 2 heterocycles. The first-order valence-corrected chi connectivity index (χ1v) is 7.95. The zero-order chi connectivity index (χ0) is 16.4. The number of hydrogen-bond donors (Lipinski definition) is 0. The Morgan fingerprint density at radius 3 is 2.00 bits per heavy atom. The van der Waals surface area contributed by atoms with E-state index in [4.69, 9.17) is 0 Å². The SMILES string of the molecule is CC(C)N1CCN(c2ccc(-c3c(F)cccc3F)cn2)CC1.Cl.Cl. The van der Waals surface area contributed by atoms with Crippen LogP contribution in [-0.4, -0.2) is 42.1 Å². The summed E-state index contributed by atoms with van der Waals surface area (Å²) >= 11 is 0. The van der Waals surface area contributed by atoms with Crippen molar-refractivity contribution in [1.29, 1.82) is 0 Å². The standard InChI is InChI=1S/C18H21F2N3.2ClH/c1-13(2)22-8-10-23(11-9-22)17-7-6-14(12-21-17)18-15(19)4-3-5-16(18)20;;/h3-7,12-13H,8-11H2,1-2H3;2*1H. The van der Waals surface area contributed by atoms with E-state index in [9.17, 15) is 8.78 Å². The van der Waals surface area contributed by atoms with Crippen LogP contribution < -0.4 is 4.90 Å². The highest BCUT2D eigenvalue weighted by atomic mass is 35.5. The number of halogens is 4. The molecule has 1 aliphatic heterocycles. The summed E-state index contributed by atoms with van der Waals surface area (Å²) < 4.78 is 27.7. The average molecular weight is 390 g/mol.